The Morgan fingerprint density at radius 3 is 2.50 bits per heavy atom. The van der Waals surface area contributed by atoms with Gasteiger partial charge < -0.3 is 19.3 Å². The molecular weight excluding hydrogens is 424 g/mol. The highest BCUT2D eigenvalue weighted by molar-refractivity contribution is 7.99. The SMILES string of the molecule is Cc1cccc(Sc2nccnc2N2CCC(C(=O)N3CCC4(CC3)OCCO4)CC2)c1. The molecule has 3 aliphatic heterocycles. The van der Waals surface area contributed by atoms with Gasteiger partial charge in [-0.25, -0.2) is 9.97 Å². The van der Waals surface area contributed by atoms with Gasteiger partial charge in [0.1, 0.15) is 5.03 Å². The molecule has 1 aromatic heterocycles. The quantitative estimate of drug-likeness (QED) is 0.700. The van der Waals surface area contributed by atoms with Gasteiger partial charge in [-0.1, -0.05) is 29.5 Å². The molecule has 4 heterocycles. The second kappa shape index (κ2) is 9.37. The number of aryl methyl sites for hydroxylation is 1. The molecule has 5 rings (SSSR count). The molecule has 0 aliphatic carbocycles. The van der Waals surface area contributed by atoms with Crippen LogP contribution in [0.5, 0.6) is 0 Å². The highest BCUT2D eigenvalue weighted by Crippen LogP contribution is 2.35. The number of likely N-dealkylation sites (tertiary alicyclic amines) is 1. The summed E-state index contributed by atoms with van der Waals surface area (Å²) in [7, 11) is 0. The molecule has 1 amide bonds. The van der Waals surface area contributed by atoms with E-state index in [-0.39, 0.29) is 11.8 Å². The van der Waals surface area contributed by atoms with Crippen molar-refractivity contribution in [2.24, 2.45) is 5.92 Å². The van der Waals surface area contributed by atoms with Crippen LogP contribution in [0, 0.1) is 12.8 Å². The monoisotopic (exact) mass is 454 g/mol. The van der Waals surface area contributed by atoms with E-state index in [4.69, 9.17) is 9.47 Å². The number of ether oxygens (including phenoxy) is 2. The first kappa shape index (κ1) is 21.7. The van der Waals surface area contributed by atoms with Gasteiger partial charge in [-0.05, 0) is 31.9 Å². The molecule has 0 atom stereocenters. The maximum Gasteiger partial charge on any atom is 0.225 e. The Kier molecular flexibility index (Phi) is 6.35. The molecule has 0 saturated carbocycles. The van der Waals surface area contributed by atoms with Gasteiger partial charge in [-0.3, -0.25) is 4.79 Å². The predicted octanol–water partition coefficient (Wildman–Crippen LogP) is 3.52. The fraction of sp³-hybridized carbons (Fsp3) is 0.542. The van der Waals surface area contributed by atoms with Gasteiger partial charge in [0, 0.05) is 62.2 Å². The van der Waals surface area contributed by atoms with Crippen molar-refractivity contribution in [3.8, 4) is 0 Å². The van der Waals surface area contributed by atoms with E-state index < -0.39 is 5.79 Å². The molecule has 0 bridgehead atoms. The molecule has 1 aromatic carbocycles. The molecule has 170 valence electrons. The number of carbonyl (C=O) groups is 1. The number of hydrogen-bond acceptors (Lipinski definition) is 7. The van der Waals surface area contributed by atoms with Crippen LogP contribution < -0.4 is 4.90 Å². The van der Waals surface area contributed by atoms with E-state index in [9.17, 15) is 4.79 Å². The average molecular weight is 455 g/mol. The van der Waals surface area contributed by atoms with Gasteiger partial charge in [0.2, 0.25) is 5.91 Å². The topological polar surface area (TPSA) is 67.8 Å². The Bertz CT molecular complexity index is 948. The van der Waals surface area contributed by atoms with E-state index in [2.05, 4.69) is 46.1 Å². The van der Waals surface area contributed by atoms with Crippen molar-refractivity contribution in [1.29, 1.82) is 0 Å². The molecule has 2 aromatic rings. The number of piperidine rings is 2. The van der Waals surface area contributed by atoms with Crippen molar-refractivity contribution < 1.29 is 14.3 Å². The van der Waals surface area contributed by atoms with Crippen molar-refractivity contribution >= 4 is 23.5 Å². The zero-order valence-electron chi connectivity index (χ0n) is 18.5. The summed E-state index contributed by atoms with van der Waals surface area (Å²) in [4.78, 5) is 27.8. The van der Waals surface area contributed by atoms with Gasteiger partial charge in [-0.2, -0.15) is 0 Å². The molecule has 7 nitrogen and oxygen atoms in total. The summed E-state index contributed by atoms with van der Waals surface area (Å²) in [6.45, 7) is 6.51. The number of amides is 1. The Morgan fingerprint density at radius 1 is 1.06 bits per heavy atom. The third-order valence-corrected chi connectivity index (χ3v) is 7.62. The van der Waals surface area contributed by atoms with Crippen LogP contribution >= 0.6 is 11.8 Å². The normalized spacial score (nSPS) is 21.3. The lowest BCUT2D eigenvalue weighted by atomic mass is 9.93. The second-order valence-corrected chi connectivity index (χ2v) is 9.86. The van der Waals surface area contributed by atoms with Gasteiger partial charge >= 0.3 is 0 Å². The fourth-order valence-electron chi connectivity index (χ4n) is 4.85. The van der Waals surface area contributed by atoms with Crippen molar-refractivity contribution in [2.45, 2.75) is 48.3 Å². The molecule has 0 unspecified atom stereocenters. The third-order valence-electron chi connectivity index (χ3n) is 6.64. The molecule has 0 radical (unpaired) electrons. The average Bonchev–Trinajstić information content (AvgIpc) is 3.27. The van der Waals surface area contributed by atoms with Crippen molar-refractivity contribution in [1.82, 2.24) is 14.9 Å². The van der Waals surface area contributed by atoms with E-state index in [0.717, 1.165) is 67.6 Å². The molecule has 0 N–H and O–H groups in total. The summed E-state index contributed by atoms with van der Waals surface area (Å²) in [6, 6.07) is 8.43. The zero-order valence-corrected chi connectivity index (χ0v) is 19.4. The van der Waals surface area contributed by atoms with E-state index >= 15 is 0 Å². The highest BCUT2D eigenvalue weighted by Gasteiger charge is 2.42. The first-order valence-corrected chi connectivity index (χ1v) is 12.3. The van der Waals surface area contributed by atoms with Crippen LogP contribution in [0.4, 0.5) is 5.82 Å². The Labute approximate surface area is 193 Å². The molecule has 1 spiro atoms. The molecule has 32 heavy (non-hydrogen) atoms. The zero-order chi connectivity index (χ0) is 22.0. The number of benzene rings is 1. The number of rotatable bonds is 4. The van der Waals surface area contributed by atoms with Crippen LogP contribution in [-0.2, 0) is 14.3 Å². The van der Waals surface area contributed by atoms with E-state index in [1.165, 1.54) is 5.56 Å². The molecular formula is C24H30N4O3S. The highest BCUT2D eigenvalue weighted by atomic mass is 32.2. The molecule has 3 aliphatic rings. The van der Waals surface area contributed by atoms with Crippen molar-refractivity contribution in [3.63, 3.8) is 0 Å². The molecule has 3 saturated heterocycles. The molecule has 8 heteroatoms. The maximum atomic E-state index is 13.1. The van der Waals surface area contributed by atoms with Gasteiger partial charge in [0.25, 0.3) is 0 Å². The Hall–Kier alpha value is -2.16. The minimum atomic E-state index is -0.433. The minimum absolute atomic E-state index is 0.0789. The number of carbonyl (C=O) groups excluding carboxylic acids is 1. The minimum Gasteiger partial charge on any atom is -0.354 e. The largest absolute Gasteiger partial charge is 0.354 e. The summed E-state index contributed by atoms with van der Waals surface area (Å²) < 4.78 is 11.6. The summed E-state index contributed by atoms with van der Waals surface area (Å²) >= 11 is 1.65. The van der Waals surface area contributed by atoms with Crippen LogP contribution in [0.2, 0.25) is 0 Å². The van der Waals surface area contributed by atoms with Crippen LogP contribution in [0.3, 0.4) is 0 Å². The van der Waals surface area contributed by atoms with Crippen molar-refractivity contribution in [2.75, 3.05) is 44.3 Å². The third kappa shape index (κ3) is 4.63. The van der Waals surface area contributed by atoms with E-state index in [1.54, 1.807) is 24.2 Å². The first-order chi connectivity index (χ1) is 15.6. The molecule has 3 fully saturated rings. The van der Waals surface area contributed by atoms with E-state index in [0.29, 0.717) is 13.2 Å². The Morgan fingerprint density at radius 2 is 1.78 bits per heavy atom. The lowest BCUT2D eigenvalue weighted by molar-refractivity contribution is -0.188. The maximum absolute atomic E-state index is 13.1. The Balaban J connectivity index is 1.19. The smallest absolute Gasteiger partial charge is 0.225 e. The van der Waals surface area contributed by atoms with Gasteiger partial charge in [0.15, 0.2) is 11.6 Å². The standard InChI is InChI=1S/C24H30N4O3S/c1-18-3-2-4-20(17-18)32-22-21(25-9-10-26-22)27-11-5-19(6-12-27)23(29)28-13-7-24(8-14-28)30-15-16-31-24/h2-4,9-10,17,19H,5-8,11-16H2,1H3. The van der Waals surface area contributed by atoms with Gasteiger partial charge in [0.05, 0.1) is 13.2 Å². The summed E-state index contributed by atoms with van der Waals surface area (Å²) in [6.07, 6.45) is 6.74. The van der Waals surface area contributed by atoms with E-state index in [1.807, 2.05) is 4.90 Å². The number of aromatic nitrogens is 2. The fourth-order valence-corrected chi connectivity index (χ4v) is 5.85. The lowest BCUT2D eigenvalue weighted by Gasteiger charge is -2.40. The van der Waals surface area contributed by atoms with Crippen LogP contribution in [0.1, 0.15) is 31.2 Å². The van der Waals surface area contributed by atoms with Crippen LogP contribution in [0.25, 0.3) is 0 Å². The van der Waals surface area contributed by atoms with Crippen LogP contribution in [0.15, 0.2) is 46.6 Å². The van der Waals surface area contributed by atoms with Crippen molar-refractivity contribution in [3.05, 3.63) is 42.2 Å². The number of nitrogens with zero attached hydrogens (tertiary/aromatic N) is 4. The number of anilines is 1. The van der Waals surface area contributed by atoms with Crippen LogP contribution in [-0.4, -0.2) is 66.0 Å². The summed E-state index contributed by atoms with van der Waals surface area (Å²) in [5, 5.41) is 0.917. The first-order valence-electron chi connectivity index (χ1n) is 11.5. The second-order valence-electron chi connectivity index (χ2n) is 8.80. The van der Waals surface area contributed by atoms with Gasteiger partial charge in [-0.15, -0.1) is 0 Å². The summed E-state index contributed by atoms with van der Waals surface area (Å²) in [5.41, 5.74) is 1.23. The predicted molar refractivity (Wildman–Crippen MR) is 123 cm³/mol. The lowest BCUT2D eigenvalue weighted by Crippen LogP contribution is -2.50. The summed E-state index contributed by atoms with van der Waals surface area (Å²) in [5.74, 6) is 0.846. The number of hydrogen-bond donors (Lipinski definition) is 0.